The van der Waals surface area contributed by atoms with E-state index < -0.39 is 5.41 Å². The Labute approximate surface area is 145 Å². The standard InChI is InChI=1S/C18H21N3O2S/c19-11-18(4-1-2-5-18)16(23)20-7-6-17(12-20)9-15(22)21(13-17)14-3-8-24-10-14/h3,8,10H,1-2,4-7,9,12-13H2. The molecule has 2 aliphatic heterocycles. The highest BCUT2D eigenvalue weighted by Crippen LogP contribution is 2.45. The van der Waals surface area contributed by atoms with Gasteiger partial charge in [-0.1, -0.05) is 12.8 Å². The summed E-state index contributed by atoms with van der Waals surface area (Å²) in [4.78, 5) is 29.1. The lowest BCUT2D eigenvalue weighted by molar-refractivity contribution is -0.138. The van der Waals surface area contributed by atoms with E-state index in [4.69, 9.17) is 0 Å². The normalized spacial score (nSPS) is 28.7. The van der Waals surface area contributed by atoms with Gasteiger partial charge in [0.1, 0.15) is 5.41 Å². The quantitative estimate of drug-likeness (QED) is 0.829. The average molecular weight is 343 g/mol. The van der Waals surface area contributed by atoms with Gasteiger partial charge in [-0.05, 0) is 30.7 Å². The number of amides is 2. The number of rotatable bonds is 2. The van der Waals surface area contributed by atoms with Gasteiger partial charge in [-0.3, -0.25) is 9.59 Å². The zero-order chi connectivity index (χ0) is 16.8. The molecule has 1 aliphatic carbocycles. The summed E-state index contributed by atoms with van der Waals surface area (Å²) in [6, 6.07) is 4.28. The third-order valence-corrected chi connectivity index (χ3v) is 6.62. The van der Waals surface area contributed by atoms with Crippen molar-refractivity contribution in [1.82, 2.24) is 4.90 Å². The van der Waals surface area contributed by atoms with Crippen LogP contribution in [0.1, 0.15) is 38.5 Å². The molecule has 3 fully saturated rings. The third kappa shape index (κ3) is 2.34. The molecule has 1 atom stereocenters. The first-order chi connectivity index (χ1) is 11.6. The SMILES string of the molecule is N#CC1(C(=O)N2CCC3(CC(=O)N(c4ccsc4)C3)C2)CCCC1. The molecule has 5 nitrogen and oxygen atoms in total. The molecule has 24 heavy (non-hydrogen) atoms. The van der Waals surface area contributed by atoms with Crippen molar-refractivity contribution in [3.05, 3.63) is 16.8 Å². The molecule has 3 heterocycles. The second kappa shape index (κ2) is 5.59. The van der Waals surface area contributed by atoms with Gasteiger partial charge in [0.15, 0.2) is 0 Å². The molecule has 1 saturated carbocycles. The minimum absolute atomic E-state index is 0.000748. The van der Waals surface area contributed by atoms with E-state index in [0.717, 1.165) is 24.9 Å². The maximum atomic E-state index is 12.9. The molecule has 4 rings (SSSR count). The minimum Gasteiger partial charge on any atom is -0.341 e. The fourth-order valence-electron chi connectivity index (χ4n) is 4.58. The summed E-state index contributed by atoms with van der Waals surface area (Å²) in [6.07, 6.45) is 4.65. The number of anilines is 1. The van der Waals surface area contributed by atoms with Crippen molar-refractivity contribution in [1.29, 1.82) is 5.26 Å². The van der Waals surface area contributed by atoms with Gasteiger partial charge in [0.2, 0.25) is 11.8 Å². The maximum absolute atomic E-state index is 12.9. The number of carbonyl (C=O) groups is 2. The fourth-order valence-corrected chi connectivity index (χ4v) is 5.22. The van der Waals surface area contributed by atoms with Crippen molar-refractivity contribution >= 4 is 28.8 Å². The molecule has 3 aliphatic rings. The molecule has 2 saturated heterocycles. The van der Waals surface area contributed by atoms with Crippen molar-refractivity contribution in [2.75, 3.05) is 24.5 Å². The zero-order valence-electron chi connectivity index (χ0n) is 13.7. The molecule has 0 radical (unpaired) electrons. The second-order valence-electron chi connectivity index (χ2n) is 7.52. The Morgan fingerprint density at radius 3 is 2.71 bits per heavy atom. The highest BCUT2D eigenvalue weighted by atomic mass is 32.1. The van der Waals surface area contributed by atoms with Crippen molar-refractivity contribution < 1.29 is 9.59 Å². The summed E-state index contributed by atoms with van der Waals surface area (Å²) in [5.41, 5.74) is 0.0291. The topological polar surface area (TPSA) is 64.4 Å². The van der Waals surface area contributed by atoms with Gasteiger partial charge >= 0.3 is 0 Å². The van der Waals surface area contributed by atoms with Crippen LogP contribution in [0.5, 0.6) is 0 Å². The Morgan fingerprint density at radius 1 is 1.25 bits per heavy atom. The lowest BCUT2D eigenvalue weighted by atomic mass is 9.85. The fraction of sp³-hybridized carbons (Fsp3) is 0.611. The average Bonchev–Trinajstić information content (AvgIpc) is 3.35. The van der Waals surface area contributed by atoms with Crippen LogP contribution in [-0.4, -0.2) is 36.3 Å². The number of carbonyl (C=O) groups excluding carboxylic acids is 2. The molecule has 6 heteroatoms. The zero-order valence-corrected chi connectivity index (χ0v) is 14.5. The van der Waals surface area contributed by atoms with E-state index >= 15 is 0 Å². The number of nitriles is 1. The predicted octanol–water partition coefficient (Wildman–Crippen LogP) is 2.79. The van der Waals surface area contributed by atoms with Crippen LogP contribution < -0.4 is 4.90 Å². The highest BCUT2D eigenvalue weighted by molar-refractivity contribution is 7.08. The Kier molecular flexibility index (Phi) is 3.65. The van der Waals surface area contributed by atoms with E-state index in [1.807, 2.05) is 26.6 Å². The Morgan fingerprint density at radius 2 is 2.04 bits per heavy atom. The van der Waals surface area contributed by atoms with Crippen LogP contribution in [0, 0.1) is 22.2 Å². The largest absolute Gasteiger partial charge is 0.341 e. The maximum Gasteiger partial charge on any atom is 0.243 e. The van der Waals surface area contributed by atoms with E-state index in [9.17, 15) is 14.9 Å². The summed E-state index contributed by atoms with van der Waals surface area (Å²) >= 11 is 1.59. The molecule has 126 valence electrons. The number of thiophene rings is 1. The summed E-state index contributed by atoms with van der Waals surface area (Å²) < 4.78 is 0. The third-order valence-electron chi connectivity index (χ3n) is 5.94. The first kappa shape index (κ1) is 15.6. The summed E-state index contributed by atoms with van der Waals surface area (Å²) in [7, 11) is 0. The van der Waals surface area contributed by atoms with E-state index in [-0.39, 0.29) is 17.2 Å². The monoisotopic (exact) mass is 343 g/mol. The number of likely N-dealkylation sites (tertiary alicyclic amines) is 1. The van der Waals surface area contributed by atoms with E-state index in [1.54, 1.807) is 11.3 Å². The second-order valence-corrected chi connectivity index (χ2v) is 8.30. The number of nitrogens with zero attached hydrogens (tertiary/aromatic N) is 3. The molecule has 1 aromatic heterocycles. The molecule has 1 aromatic rings. The van der Waals surface area contributed by atoms with Crippen LogP contribution in [0.4, 0.5) is 5.69 Å². The smallest absolute Gasteiger partial charge is 0.243 e. The molecule has 1 spiro atoms. The van der Waals surface area contributed by atoms with Crippen LogP contribution in [0.15, 0.2) is 16.8 Å². The van der Waals surface area contributed by atoms with Crippen LogP contribution >= 0.6 is 11.3 Å². The van der Waals surface area contributed by atoms with Gasteiger partial charge in [-0.2, -0.15) is 16.6 Å². The predicted molar refractivity (Wildman–Crippen MR) is 91.4 cm³/mol. The van der Waals surface area contributed by atoms with Crippen LogP contribution in [0.25, 0.3) is 0 Å². The molecular weight excluding hydrogens is 322 g/mol. The first-order valence-corrected chi connectivity index (χ1v) is 9.55. The Hall–Kier alpha value is -1.87. The molecule has 0 aromatic carbocycles. The molecular formula is C18H21N3O2S. The Bertz CT molecular complexity index is 702. The van der Waals surface area contributed by atoms with E-state index in [0.29, 0.717) is 38.9 Å². The summed E-state index contributed by atoms with van der Waals surface area (Å²) in [5.74, 6) is 0.152. The van der Waals surface area contributed by atoms with Crippen molar-refractivity contribution in [2.24, 2.45) is 10.8 Å². The highest BCUT2D eigenvalue weighted by Gasteiger charge is 2.52. The van der Waals surface area contributed by atoms with Gasteiger partial charge in [0.05, 0.1) is 11.8 Å². The van der Waals surface area contributed by atoms with Gasteiger partial charge < -0.3 is 9.80 Å². The number of hydrogen-bond donors (Lipinski definition) is 0. The van der Waals surface area contributed by atoms with Crippen LogP contribution in [-0.2, 0) is 9.59 Å². The van der Waals surface area contributed by atoms with Crippen LogP contribution in [0.3, 0.4) is 0 Å². The van der Waals surface area contributed by atoms with Crippen molar-refractivity contribution in [3.63, 3.8) is 0 Å². The van der Waals surface area contributed by atoms with Crippen LogP contribution in [0.2, 0.25) is 0 Å². The lowest BCUT2D eigenvalue weighted by Gasteiger charge is -2.28. The first-order valence-electron chi connectivity index (χ1n) is 8.61. The van der Waals surface area contributed by atoms with Crippen molar-refractivity contribution in [2.45, 2.75) is 38.5 Å². The van der Waals surface area contributed by atoms with Gasteiger partial charge in [-0.15, -0.1) is 0 Å². The van der Waals surface area contributed by atoms with Gasteiger partial charge in [-0.25, -0.2) is 0 Å². The van der Waals surface area contributed by atoms with Crippen molar-refractivity contribution in [3.8, 4) is 6.07 Å². The summed E-state index contributed by atoms with van der Waals surface area (Å²) in [5, 5.41) is 13.5. The molecule has 1 unspecified atom stereocenters. The van der Waals surface area contributed by atoms with Gasteiger partial charge in [0.25, 0.3) is 0 Å². The van der Waals surface area contributed by atoms with Gasteiger partial charge in [0, 0.05) is 36.9 Å². The lowest BCUT2D eigenvalue weighted by Crippen LogP contribution is -2.42. The molecule has 2 amide bonds. The summed E-state index contributed by atoms with van der Waals surface area (Å²) in [6.45, 7) is 1.97. The van der Waals surface area contributed by atoms with E-state index in [2.05, 4.69) is 6.07 Å². The van der Waals surface area contributed by atoms with E-state index in [1.165, 1.54) is 0 Å². The Balaban J connectivity index is 1.50. The number of hydrogen-bond acceptors (Lipinski definition) is 4. The minimum atomic E-state index is -0.804. The molecule has 0 N–H and O–H groups in total. The molecule has 0 bridgehead atoms.